The number of rotatable bonds is 2. The average Bonchev–Trinajstić information content (AvgIpc) is 2.86. The fraction of sp³-hybridized carbons (Fsp3) is 0.0588. The Hall–Kier alpha value is -3.80. The van der Waals surface area contributed by atoms with Crippen LogP contribution < -0.4 is 10.7 Å². The summed E-state index contributed by atoms with van der Waals surface area (Å²) in [7, 11) is 0. The summed E-state index contributed by atoms with van der Waals surface area (Å²) in [5.41, 5.74) is -0.140. The van der Waals surface area contributed by atoms with Gasteiger partial charge in [0.25, 0.3) is 0 Å². The van der Waals surface area contributed by atoms with Gasteiger partial charge in [-0.3, -0.25) is 0 Å². The first-order chi connectivity index (χ1) is 10.7. The summed E-state index contributed by atoms with van der Waals surface area (Å²) >= 11 is 0. The predicted molar refractivity (Wildman–Crippen MR) is 80.7 cm³/mol. The zero-order valence-electron chi connectivity index (χ0n) is 11.5. The molecule has 1 aromatic heterocycles. The van der Waals surface area contributed by atoms with Gasteiger partial charge in [-0.05, 0) is 0 Å². The van der Waals surface area contributed by atoms with Crippen LogP contribution in [-0.2, 0) is 6.54 Å². The number of benzene rings is 1. The van der Waals surface area contributed by atoms with E-state index in [-0.39, 0.29) is 17.7 Å². The molecule has 0 saturated heterocycles. The van der Waals surface area contributed by atoms with Crippen LogP contribution in [0.2, 0.25) is 0 Å². The Kier molecular flexibility index (Phi) is 4.05. The van der Waals surface area contributed by atoms with E-state index in [1.54, 1.807) is 34.9 Å². The lowest BCUT2D eigenvalue weighted by atomic mass is 10.1. The summed E-state index contributed by atoms with van der Waals surface area (Å²) in [6.45, 7) is 3.94. The van der Waals surface area contributed by atoms with Crippen LogP contribution in [0, 0.1) is 45.3 Å². The summed E-state index contributed by atoms with van der Waals surface area (Å²) in [5, 5.41) is 38.9. The smallest absolute Gasteiger partial charge is 0.153 e. The van der Waals surface area contributed by atoms with Crippen LogP contribution in [-0.4, -0.2) is 4.57 Å². The molecule has 0 aliphatic heterocycles. The summed E-state index contributed by atoms with van der Waals surface area (Å²) < 4.78 is 1.61. The van der Waals surface area contributed by atoms with Gasteiger partial charge in [0.1, 0.15) is 24.3 Å². The Morgan fingerprint density at radius 1 is 0.909 bits per heavy atom. The zero-order chi connectivity index (χ0) is 16.1. The Morgan fingerprint density at radius 2 is 1.32 bits per heavy atom. The first kappa shape index (κ1) is 14.6. The predicted octanol–water partition coefficient (Wildman–Crippen LogP) is 1.22. The van der Waals surface area contributed by atoms with Gasteiger partial charge >= 0.3 is 0 Å². The number of hydrogen-bond donors (Lipinski definition) is 0. The molecule has 0 spiro atoms. The van der Waals surface area contributed by atoms with Gasteiger partial charge in [-0.1, -0.05) is 30.3 Å². The van der Waals surface area contributed by atoms with E-state index in [0.717, 1.165) is 0 Å². The van der Waals surface area contributed by atoms with Crippen LogP contribution in [0.4, 0.5) is 0 Å². The number of fused-ring (bicyclic) bond motifs is 1. The highest BCUT2D eigenvalue weighted by Crippen LogP contribution is 2.09. The van der Waals surface area contributed by atoms with Gasteiger partial charge in [0, 0.05) is 17.3 Å². The molecule has 0 saturated carbocycles. The largest absolute Gasteiger partial charge is 0.333 e. The Labute approximate surface area is 126 Å². The van der Waals surface area contributed by atoms with Gasteiger partial charge in [-0.15, -0.1) is 6.58 Å². The van der Waals surface area contributed by atoms with Crippen LogP contribution in [0.3, 0.4) is 0 Å². The molecule has 0 aliphatic carbocycles. The molecule has 102 valence electrons. The molecule has 0 unspecified atom stereocenters. The van der Waals surface area contributed by atoms with Crippen LogP contribution >= 0.6 is 0 Å². The van der Waals surface area contributed by atoms with Crippen molar-refractivity contribution < 1.29 is 0 Å². The molecule has 0 bridgehead atoms. The lowest BCUT2D eigenvalue weighted by Crippen LogP contribution is -2.29. The molecule has 0 amide bonds. The second kappa shape index (κ2) is 6.10. The minimum atomic E-state index is -0.0699. The van der Waals surface area contributed by atoms with E-state index in [2.05, 4.69) is 6.58 Å². The van der Waals surface area contributed by atoms with Gasteiger partial charge in [0.2, 0.25) is 0 Å². The second-order valence-corrected chi connectivity index (χ2v) is 4.34. The van der Waals surface area contributed by atoms with Crippen LogP contribution in [0.25, 0.3) is 21.9 Å². The fourth-order valence-electron chi connectivity index (χ4n) is 2.41. The lowest BCUT2D eigenvalue weighted by molar-refractivity contribution is 0.781. The Morgan fingerprint density at radius 3 is 1.64 bits per heavy atom. The second-order valence-electron chi connectivity index (χ2n) is 4.34. The Balaban J connectivity index is 3.37. The van der Waals surface area contributed by atoms with Crippen molar-refractivity contribution in [1.29, 1.82) is 21.0 Å². The zero-order valence-corrected chi connectivity index (χ0v) is 11.5. The van der Waals surface area contributed by atoms with Crippen molar-refractivity contribution in [2.24, 2.45) is 0 Å². The first-order valence-electron chi connectivity index (χ1n) is 6.30. The van der Waals surface area contributed by atoms with Crippen molar-refractivity contribution in [3.8, 4) is 24.3 Å². The van der Waals surface area contributed by atoms with Gasteiger partial charge in [0.15, 0.2) is 11.1 Å². The maximum atomic E-state index is 9.21. The third kappa shape index (κ3) is 2.10. The molecular weight excluding hydrogens is 274 g/mol. The van der Waals surface area contributed by atoms with E-state index in [9.17, 15) is 21.0 Å². The number of nitriles is 4. The van der Waals surface area contributed by atoms with Gasteiger partial charge in [-0.25, -0.2) is 0 Å². The van der Waals surface area contributed by atoms with Crippen molar-refractivity contribution >= 4 is 21.9 Å². The lowest BCUT2D eigenvalue weighted by Gasteiger charge is -2.00. The minimum Gasteiger partial charge on any atom is -0.333 e. The summed E-state index contributed by atoms with van der Waals surface area (Å²) in [6.07, 6.45) is 1.59. The van der Waals surface area contributed by atoms with Crippen molar-refractivity contribution in [2.45, 2.75) is 6.54 Å². The summed E-state index contributed by atoms with van der Waals surface area (Å²) in [5.74, 6) is 0. The molecule has 0 fully saturated rings. The molecule has 0 atom stereocenters. The maximum Gasteiger partial charge on any atom is 0.153 e. The van der Waals surface area contributed by atoms with Gasteiger partial charge < -0.3 is 4.57 Å². The van der Waals surface area contributed by atoms with E-state index in [1.807, 2.05) is 24.3 Å². The van der Waals surface area contributed by atoms with E-state index in [1.165, 1.54) is 0 Å². The van der Waals surface area contributed by atoms with E-state index >= 15 is 0 Å². The van der Waals surface area contributed by atoms with Crippen molar-refractivity contribution in [3.05, 3.63) is 47.6 Å². The fourth-order valence-corrected chi connectivity index (χ4v) is 2.41. The molecule has 5 nitrogen and oxygen atoms in total. The SMILES string of the molecule is C=CCn1c(=C(C#N)C#N)c2ccccc2c1=C(C#N)C#N. The van der Waals surface area contributed by atoms with Crippen molar-refractivity contribution in [2.75, 3.05) is 0 Å². The molecule has 2 rings (SSSR count). The van der Waals surface area contributed by atoms with Crippen molar-refractivity contribution in [1.82, 2.24) is 4.57 Å². The maximum absolute atomic E-state index is 9.21. The minimum absolute atomic E-state index is 0.0699. The molecule has 2 aromatic rings. The van der Waals surface area contributed by atoms with E-state index in [0.29, 0.717) is 21.5 Å². The summed E-state index contributed by atoms with van der Waals surface area (Å²) in [4.78, 5) is 0. The topological polar surface area (TPSA) is 100 Å². The first-order valence-corrected chi connectivity index (χ1v) is 6.30. The third-order valence-corrected chi connectivity index (χ3v) is 3.21. The van der Waals surface area contributed by atoms with Gasteiger partial charge in [0.05, 0.1) is 10.7 Å². The number of aromatic nitrogens is 1. The average molecular weight is 283 g/mol. The third-order valence-electron chi connectivity index (χ3n) is 3.21. The molecule has 22 heavy (non-hydrogen) atoms. The van der Waals surface area contributed by atoms with E-state index < -0.39 is 0 Å². The molecule has 0 aliphatic rings. The van der Waals surface area contributed by atoms with E-state index in [4.69, 9.17) is 0 Å². The van der Waals surface area contributed by atoms with Crippen LogP contribution in [0.1, 0.15) is 0 Å². The molecule has 1 heterocycles. The molecule has 5 heteroatoms. The number of allylic oxidation sites excluding steroid dienone is 1. The molecular formula is C17H9N5. The highest BCUT2D eigenvalue weighted by atomic mass is 15.0. The molecule has 0 radical (unpaired) electrons. The number of hydrogen-bond acceptors (Lipinski definition) is 4. The Bertz CT molecular complexity index is 943. The molecule has 0 N–H and O–H groups in total. The summed E-state index contributed by atoms with van der Waals surface area (Å²) in [6, 6.07) is 14.6. The van der Waals surface area contributed by atoms with Crippen molar-refractivity contribution in [3.63, 3.8) is 0 Å². The van der Waals surface area contributed by atoms with Crippen LogP contribution in [0.15, 0.2) is 36.9 Å². The monoisotopic (exact) mass is 283 g/mol. The van der Waals surface area contributed by atoms with Gasteiger partial charge in [-0.2, -0.15) is 21.0 Å². The molecule has 1 aromatic carbocycles. The standard InChI is InChI=1S/C17H9N5/c1-2-7-22-16(12(8-18)9-19)14-5-3-4-6-15(14)17(22)13(10-20)11-21/h2-6H,1,7H2. The quantitative estimate of drug-likeness (QED) is 0.773. The number of nitrogens with zero attached hydrogens (tertiary/aromatic N) is 5. The highest BCUT2D eigenvalue weighted by molar-refractivity contribution is 5.92. The van der Waals surface area contributed by atoms with Crippen LogP contribution in [0.5, 0.6) is 0 Å². The normalized spacial score (nSPS) is 9.09. The highest BCUT2D eigenvalue weighted by Gasteiger charge is 2.13.